The summed E-state index contributed by atoms with van der Waals surface area (Å²) in [6.45, 7) is 23.7. The Morgan fingerprint density at radius 3 is 1.50 bits per heavy atom. The van der Waals surface area contributed by atoms with Gasteiger partial charge < -0.3 is 4.90 Å². The van der Waals surface area contributed by atoms with Gasteiger partial charge in [0.05, 0.1) is 13.1 Å². The largest absolute Gasteiger partial charge is 0.330 e. The molecule has 1 amide bonds. The van der Waals surface area contributed by atoms with Gasteiger partial charge in [-0.05, 0) is 73.1 Å². The monoisotopic (exact) mass is 452 g/mol. The number of ketones is 3. The summed E-state index contributed by atoms with van der Waals surface area (Å²) in [5.74, 6) is 0.0734. The third kappa shape index (κ3) is 9.13. The standard InChI is InChI=1S/C26H48N2O4/c1-13-26(12,21(4)31)17-24(8,9)27(14-19(2)29)18-23(6,7)16-25(10,11)28(22(5)32)15-20(3)30/h13-18H2,1-12H3. The molecular weight excluding hydrogens is 404 g/mol. The van der Waals surface area contributed by atoms with Crippen LogP contribution in [0.4, 0.5) is 0 Å². The van der Waals surface area contributed by atoms with Crippen LogP contribution in [0.25, 0.3) is 0 Å². The lowest BCUT2D eigenvalue weighted by Gasteiger charge is -2.48. The van der Waals surface area contributed by atoms with E-state index in [2.05, 4.69) is 32.6 Å². The minimum absolute atomic E-state index is 0.0477. The zero-order valence-electron chi connectivity index (χ0n) is 22.8. The van der Waals surface area contributed by atoms with E-state index in [1.165, 1.54) is 13.8 Å². The van der Waals surface area contributed by atoms with E-state index in [0.29, 0.717) is 25.9 Å². The summed E-state index contributed by atoms with van der Waals surface area (Å²) in [5.41, 5.74) is -1.60. The summed E-state index contributed by atoms with van der Waals surface area (Å²) in [6.07, 6.45) is 2.06. The average Bonchev–Trinajstić information content (AvgIpc) is 2.56. The summed E-state index contributed by atoms with van der Waals surface area (Å²) in [6, 6.07) is 0. The second-order valence-electron chi connectivity index (χ2n) is 12.0. The molecule has 1 atom stereocenters. The van der Waals surface area contributed by atoms with Crippen molar-refractivity contribution in [1.29, 1.82) is 0 Å². The van der Waals surface area contributed by atoms with E-state index in [9.17, 15) is 19.2 Å². The third-order valence-electron chi connectivity index (χ3n) is 6.74. The number of carbonyl (C=O) groups is 4. The summed E-state index contributed by atoms with van der Waals surface area (Å²) >= 11 is 0. The molecule has 32 heavy (non-hydrogen) atoms. The Balaban J connectivity index is 5.90. The first-order chi connectivity index (χ1) is 14.2. The van der Waals surface area contributed by atoms with Crippen LogP contribution in [0.1, 0.15) is 102 Å². The summed E-state index contributed by atoms with van der Waals surface area (Å²) in [5, 5.41) is 0. The molecule has 0 saturated carbocycles. The molecule has 0 aliphatic rings. The van der Waals surface area contributed by atoms with E-state index in [1.54, 1.807) is 18.7 Å². The van der Waals surface area contributed by atoms with Crippen LogP contribution in [-0.4, -0.2) is 63.8 Å². The molecule has 0 aromatic rings. The molecule has 0 N–H and O–H groups in total. The Morgan fingerprint density at radius 1 is 0.688 bits per heavy atom. The van der Waals surface area contributed by atoms with Gasteiger partial charge >= 0.3 is 0 Å². The minimum Gasteiger partial charge on any atom is -0.330 e. The maximum Gasteiger partial charge on any atom is 0.220 e. The van der Waals surface area contributed by atoms with E-state index in [-0.39, 0.29) is 40.8 Å². The first-order valence-corrected chi connectivity index (χ1v) is 11.7. The van der Waals surface area contributed by atoms with Gasteiger partial charge in [0, 0.05) is 30.0 Å². The SMILES string of the molecule is CCC(C)(CC(C)(C)N(CC(C)=O)CC(C)(C)CC(C)(C)N(CC(C)=O)C(C)=O)C(C)=O. The van der Waals surface area contributed by atoms with Crippen molar-refractivity contribution in [3.8, 4) is 0 Å². The number of Topliss-reactive ketones (excluding diaryl/α,β-unsaturated/α-hetero) is 3. The molecule has 0 aliphatic carbocycles. The first kappa shape index (κ1) is 30.4. The van der Waals surface area contributed by atoms with E-state index < -0.39 is 11.0 Å². The average molecular weight is 453 g/mol. The fourth-order valence-corrected chi connectivity index (χ4v) is 5.13. The van der Waals surface area contributed by atoms with E-state index in [0.717, 1.165) is 6.42 Å². The highest BCUT2D eigenvalue weighted by molar-refractivity contribution is 5.84. The number of nitrogens with zero attached hydrogens (tertiary/aromatic N) is 2. The van der Waals surface area contributed by atoms with Gasteiger partial charge in [-0.1, -0.05) is 27.7 Å². The van der Waals surface area contributed by atoms with Crippen LogP contribution < -0.4 is 0 Å². The molecule has 0 fully saturated rings. The summed E-state index contributed by atoms with van der Waals surface area (Å²) in [4.78, 5) is 52.4. The Morgan fingerprint density at radius 2 is 1.16 bits per heavy atom. The van der Waals surface area contributed by atoms with Gasteiger partial charge in [-0.2, -0.15) is 0 Å². The Kier molecular flexibility index (Phi) is 10.5. The van der Waals surface area contributed by atoms with Crippen molar-refractivity contribution in [2.75, 3.05) is 19.6 Å². The van der Waals surface area contributed by atoms with Crippen molar-refractivity contribution in [2.24, 2.45) is 10.8 Å². The van der Waals surface area contributed by atoms with E-state index in [4.69, 9.17) is 0 Å². The van der Waals surface area contributed by atoms with Gasteiger partial charge in [0.2, 0.25) is 5.91 Å². The van der Waals surface area contributed by atoms with Gasteiger partial charge in [-0.3, -0.25) is 24.1 Å². The van der Waals surface area contributed by atoms with Gasteiger partial charge in [-0.15, -0.1) is 0 Å². The van der Waals surface area contributed by atoms with Crippen LogP contribution in [-0.2, 0) is 19.2 Å². The molecule has 6 heteroatoms. The molecule has 0 heterocycles. The number of carbonyl (C=O) groups excluding carboxylic acids is 4. The maximum atomic E-state index is 12.4. The molecular formula is C26H48N2O4. The number of amides is 1. The molecule has 0 spiro atoms. The second-order valence-corrected chi connectivity index (χ2v) is 12.0. The Bertz CT molecular complexity index is 709. The van der Waals surface area contributed by atoms with Crippen LogP contribution >= 0.6 is 0 Å². The molecule has 0 rings (SSSR count). The van der Waals surface area contributed by atoms with Gasteiger partial charge in [0.25, 0.3) is 0 Å². The minimum atomic E-state index is -0.523. The van der Waals surface area contributed by atoms with Crippen molar-refractivity contribution in [2.45, 2.75) is 113 Å². The summed E-state index contributed by atoms with van der Waals surface area (Å²) < 4.78 is 0. The quantitative estimate of drug-likeness (QED) is 0.382. The Labute approximate surface area is 196 Å². The molecule has 6 nitrogen and oxygen atoms in total. The summed E-state index contributed by atoms with van der Waals surface area (Å²) in [7, 11) is 0. The molecule has 0 aromatic carbocycles. The molecule has 1 unspecified atom stereocenters. The van der Waals surface area contributed by atoms with Crippen molar-refractivity contribution in [3.05, 3.63) is 0 Å². The molecule has 0 radical (unpaired) electrons. The van der Waals surface area contributed by atoms with Gasteiger partial charge in [0.1, 0.15) is 17.3 Å². The van der Waals surface area contributed by atoms with Crippen molar-refractivity contribution >= 4 is 23.3 Å². The zero-order valence-corrected chi connectivity index (χ0v) is 22.8. The second kappa shape index (κ2) is 11.0. The highest BCUT2D eigenvalue weighted by Gasteiger charge is 2.42. The Hall–Kier alpha value is -1.56. The number of hydrogen-bond acceptors (Lipinski definition) is 5. The first-order valence-electron chi connectivity index (χ1n) is 11.7. The molecule has 0 aromatic heterocycles. The van der Waals surface area contributed by atoms with E-state index in [1.807, 2.05) is 27.7 Å². The van der Waals surface area contributed by atoms with Crippen molar-refractivity contribution in [3.63, 3.8) is 0 Å². The maximum absolute atomic E-state index is 12.4. The van der Waals surface area contributed by atoms with Crippen molar-refractivity contribution in [1.82, 2.24) is 9.80 Å². The topological polar surface area (TPSA) is 74.8 Å². The molecule has 0 aliphatic heterocycles. The fraction of sp³-hybridized carbons (Fsp3) is 0.846. The predicted octanol–water partition coefficient (Wildman–Crippen LogP) is 4.68. The zero-order chi connectivity index (χ0) is 25.7. The lowest BCUT2D eigenvalue weighted by atomic mass is 9.72. The van der Waals surface area contributed by atoms with Crippen LogP contribution in [0.2, 0.25) is 0 Å². The lowest BCUT2D eigenvalue weighted by molar-refractivity contribution is -0.139. The normalized spacial score (nSPS) is 14.8. The third-order valence-corrected chi connectivity index (χ3v) is 6.74. The van der Waals surface area contributed by atoms with Crippen LogP contribution in [0.15, 0.2) is 0 Å². The van der Waals surface area contributed by atoms with Gasteiger partial charge in [0.15, 0.2) is 0 Å². The van der Waals surface area contributed by atoms with E-state index >= 15 is 0 Å². The lowest BCUT2D eigenvalue weighted by Crippen LogP contribution is -2.55. The number of hydrogen-bond donors (Lipinski definition) is 0. The smallest absolute Gasteiger partial charge is 0.220 e. The van der Waals surface area contributed by atoms with Crippen molar-refractivity contribution < 1.29 is 19.2 Å². The highest BCUT2D eigenvalue weighted by atomic mass is 16.2. The predicted molar refractivity (Wildman–Crippen MR) is 131 cm³/mol. The van der Waals surface area contributed by atoms with Crippen LogP contribution in [0, 0.1) is 10.8 Å². The van der Waals surface area contributed by atoms with Crippen LogP contribution in [0.5, 0.6) is 0 Å². The number of rotatable bonds is 14. The molecule has 0 bridgehead atoms. The van der Waals surface area contributed by atoms with Gasteiger partial charge in [-0.25, -0.2) is 0 Å². The molecule has 0 saturated heterocycles. The van der Waals surface area contributed by atoms with Crippen LogP contribution in [0.3, 0.4) is 0 Å². The molecule has 186 valence electrons. The highest BCUT2D eigenvalue weighted by Crippen LogP contribution is 2.39. The fourth-order valence-electron chi connectivity index (χ4n) is 5.13.